The lowest BCUT2D eigenvalue weighted by molar-refractivity contribution is 0.0578. The van der Waals surface area contributed by atoms with E-state index in [1.165, 1.54) is 4.88 Å². The van der Waals surface area contributed by atoms with E-state index in [4.69, 9.17) is 4.74 Å². The second kappa shape index (κ2) is 6.72. The smallest absolute Gasteiger partial charge is 0.415 e. The summed E-state index contributed by atoms with van der Waals surface area (Å²) in [6, 6.07) is 3.99. The predicted molar refractivity (Wildman–Crippen MR) is 104 cm³/mol. The molecule has 0 saturated carbocycles. The van der Waals surface area contributed by atoms with Gasteiger partial charge in [-0.1, -0.05) is 6.07 Å². The van der Waals surface area contributed by atoms with Gasteiger partial charge in [0.1, 0.15) is 11.1 Å². The highest BCUT2D eigenvalue weighted by Crippen LogP contribution is 2.36. The first-order valence-electron chi connectivity index (χ1n) is 8.00. The maximum Gasteiger partial charge on any atom is 0.415 e. The molecular weight excluding hydrogens is 354 g/mol. The van der Waals surface area contributed by atoms with Crippen molar-refractivity contribution in [2.45, 2.75) is 46.8 Å². The monoisotopic (exact) mass is 375 g/mol. The third-order valence-electron chi connectivity index (χ3n) is 3.72. The molecule has 0 aliphatic rings. The number of fused-ring (bicyclic) bond motifs is 1. The Morgan fingerprint density at radius 1 is 1.32 bits per heavy atom. The second-order valence-corrected chi connectivity index (χ2v) is 9.09. The highest BCUT2D eigenvalue weighted by molar-refractivity contribution is 7.19. The number of amides is 1. The number of carbonyl (C=O) groups is 1. The molecule has 0 aliphatic heterocycles. The minimum atomic E-state index is -0.564. The fraction of sp³-hybridized carbons (Fsp3) is 0.389. The lowest BCUT2D eigenvalue weighted by atomic mass is 10.2. The van der Waals surface area contributed by atoms with Gasteiger partial charge >= 0.3 is 6.09 Å². The number of nitrogens with zero attached hydrogens (tertiary/aromatic N) is 3. The number of rotatable bonds is 3. The number of hydrogen-bond donors (Lipinski definition) is 0. The topological polar surface area (TPSA) is 55.3 Å². The Kier molecular flexibility index (Phi) is 4.79. The number of hydrogen-bond acceptors (Lipinski definition) is 6. The number of anilines is 1. The maximum absolute atomic E-state index is 12.9. The fourth-order valence-corrected chi connectivity index (χ4v) is 4.23. The molecule has 3 aromatic rings. The third-order valence-corrected chi connectivity index (χ3v) is 5.80. The van der Waals surface area contributed by atoms with Crippen molar-refractivity contribution in [3.8, 4) is 0 Å². The van der Waals surface area contributed by atoms with Gasteiger partial charge in [0.25, 0.3) is 0 Å². The molecule has 132 valence electrons. The minimum Gasteiger partial charge on any atom is -0.443 e. The summed E-state index contributed by atoms with van der Waals surface area (Å²) in [5.41, 5.74) is 2.13. The van der Waals surface area contributed by atoms with Crippen LogP contribution in [0.1, 0.15) is 36.1 Å². The van der Waals surface area contributed by atoms with Crippen LogP contribution >= 0.6 is 22.7 Å². The first-order valence-corrected chi connectivity index (χ1v) is 9.70. The summed E-state index contributed by atoms with van der Waals surface area (Å²) in [6.45, 7) is 10.1. The molecule has 3 rings (SSSR count). The quantitative estimate of drug-likeness (QED) is 0.622. The zero-order valence-corrected chi connectivity index (χ0v) is 16.6. The van der Waals surface area contributed by atoms with Crippen LogP contribution in [0, 0.1) is 13.8 Å². The third kappa shape index (κ3) is 3.82. The van der Waals surface area contributed by atoms with Gasteiger partial charge in [0, 0.05) is 9.75 Å². The second-order valence-electron chi connectivity index (χ2n) is 6.84. The Bertz CT molecular complexity index is 895. The van der Waals surface area contributed by atoms with Crippen LogP contribution in [0.4, 0.5) is 10.5 Å². The molecule has 0 N–H and O–H groups in total. The van der Waals surface area contributed by atoms with Crippen LogP contribution in [0.25, 0.3) is 10.2 Å². The van der Waals surface area contributed by atoms with E-state index in [1.807, 2.05) is 45.2 Å². The van der Waals surface area contributed by atoms with Crippen molar-refractivity contribution in [2.75, 3.05) is 4.90 Å². The van der Waals surface area contributed by atoms with Crippen LogP contribution in [0.2, 0.25) is 0 Å². The molecule has 0 aromatic carbocycles. The number of aryl methyl sites for hydroxylation is 2. The molecule has 0 fully saturated rings. The summed E-state index contributed by atoms with van der Waals surface area (Å²) in [6.07, 6.45) is 1.27. The van der Waals surface area contributed by atoms with Gasteiger partial charge in [-0.3, -0.25) is 4.90 Å². The average Bonchev–Trinajstić information content (AvgIpc) is 3.12. The summed E-state index contributed by atoms with van der Waals surface area (Å²) in [4.78, 5) is 16.8. The number of ether oxygens (including phenoxy) is 1. The normalized spacial score (nSPS) is 11.7. The predicted octanol–water partition coefficient (Wildman–Crippen LogP) is 5.31. The molecule has 5 nitrogen and oxygen atoms in total. The van der Waals surface area contributed by atoms with E-state index in [1.54, 1.807) is 33.8 Å². The fourth-order valence-electron chi connectivity index (χ4n) is 2.42. The van der Waals surface area contributed by atoms with Gasteiger partial charge < -0.3 is 4.74 Å². The van der Waals surface area contributed by atoms with E-state index in [0.29, 0.717) is 6.54 Å². The molecular formula is C18H21N3O2S2. The molecule has 3 heterocycles. The summed E-state index contributed by atoms with van der Waals surface area (Å²) in [5.74, 6) is 0. The minimum absolute atomic E-state index is 0.376. The molecule has 0 radical (unpaired) electrons. The van der Waals surface area contributed by atoms with Crippen molar-refractivity contribution < 1.29 is 9.53 Å². The Morgan fingerprint density at radius 2 is 2.08 bits per heavy atom. The van der Waals surface area contributed by atoms with E-state index in [-0.39, 0.29) is 6.09 Å². The Labute approximate surface area is 155 Å². The van der Waals surface area contributed by atoms with Gasteiger partial charge in [-0.15, -0.1) is 27.8 Å². The zero-order valence-electron chi connectivity index (χ0n) is 15.0. The van der Waals surface area contributed by atoms with E-state index in [0.717, 1.165) is 26.3 Å². The van der Waals surface area contributed by atoms with Gasteiger partial charge in [-0.05, 0) is 51.6 Å². The molecule has 1 amide bonds. The summed E-state index contributed by atoms with van der Waals surface area (Å²) < 4.78 is 6.60. The van der Waals surface area contributed by atoms with Gasteiger partial charge in [0.05, 0.1) is 23.1 Å². The summed E-state index contributed by atoms with van der Waals surface area (Å²) in [5, 5.41) is 10.4. The van der Waals surface area contributed by atoms with Crippen molar-refractivity contribution in [1.82, 2.24) is 10.2 Å². The lowest BCUT2D eigenvalue weighted by Crippen LogP contribution is -2.36. The van der Waals surface area contributed by atoms with Crippen molar-refractivity contribution >= 4 is 44.7 Å². The number of aromatic nitrogens is 2. The zero-order chi connectivity index (χ0) is 18.2. The van der Waals surface area contributed by atoms with Gasteiger partial charge in [0.2, 0.25) is 0 Å². The van der Waals surface area contributed by atoms with Crippen molar-refractivity contribution in [2.24, 2.45) is 0 Å². The van der Waals surface area contributed by atoms with Crippen molar-refractivity contribution in [1.29, 1.82) is 0 Å². The first kappa shape index (κ1) is 17.8. The van der Waals surface area contributed by atoms with Gasteiger partial charge in [0.15, 0.2) is 0 Å². The SMILES string of the molecule is Cc1sc2c(N(Cc3cccs3)C(=O)OC(C)(C)C)cnnc2c1C. The van der Waals surface area contributed by atoms with Crippen molar-refractivity contribution in [3.05, 3.63) is 39.0 Å². The standard InChI is InChI=1S/C18H21N3O2S2/c1-11-12(2)25-16-14(9-19-20-15(11)16)21(10-13-7-6-8-24-13)17(22)23-18(3,4)5/h6-9H,10H2,1-5H3. The molecule has 3 aromatic heterocycles. The Balaban J connectivity index is 2.08. The van der Waals surface area contributed by atoms with E-state index in [9.17, 15) is 4.79 Å². The van der Waals surface area contributed by atoms with Crippen molar-refractivity contribution in [3.63, 3.8) is 0 Å². The molecule has 0 bridgehead atoms. The summed E-state index contributed by atoms with van der Waals surface area (Å²) >= 11 is 3.25. The molecule has 0 unspecified atom stereocenters. The maximum atomic E-state index is 12.9. The number of carbonyl (C=O) groups excluding carboxylic acids is 1. The van der Waals surface area contributed by atoms with E-state index >= 15 is 0 Å². The van der Waals surface area contributed by atoms with Crippen LogP contribution in [0.15, 0.2) is 23.7 Å². The highest BCUT2D eigenvalue weighted by atomic mass is 32.1. The van der Waals surface area contributed by atoms with Gasteiger partial charge in [-0.2, -0.15) is 5.10 Å². The van der Waals surface area contributed by atoms with Crippen LogP contribution in [-0.4, -0.2) is 21.9 Å². The first-order chi connectivity index (χ1) is 11.8. The van der Waals surface area contributed by atoms with Crippen LogP contribution in [-0.2, 0) is 11.3 Å². The average molecular weight is 376 g/mol. The van der Waals surface area contributed by atoms with E-state index in [2.05, 4.69) is 17.1 Å². The highest BCUT2D eigenvalue weighted by Gasteiger charge is 2.27. The molecule has 0 saturated heterocycles. The molecule has 7 heteroatoms. The van der Waals surface area contributed by atoms with Crippen LogP contribution in [0.5, 0.6) is 0 Å². The molecule has 0 aliphatic carbocycles. The Morgan fingerprint density at radius 3 is 2.72 bits per heavy atom. The Hall–Kier alpha value is -1.99. The van der Waals surface area contributed by atoms with Crippen LogP contribution < -0.4 is 4.90 Å². The molecule has 0 atom stereocenters. The van der Waals surface area contributed by atoms with Gasteiger partial charge in [-0.25, -0.2) is 4.79 Å². The van der Waals surface area contributed by atoms with Crippen LogP contribution in [0.3, 0.4) is 0 Å². The molecule has 25 heavy (non-hydrogen) atoms. The summed E-state index contributed by atoms with van der Waals surface area (Å²) in [7, 11) is 0. The lowest BCUT2D eigenvalue weighted by Gasteiger charge is -2.27. The number of thiophene rings is 2. The van der Waals surface area contributed by atoms with E-state index < -0.39 is 5.60 Å². The largest absolute Gasteiger partial charge is 0.443 e. The molecule has 0 spiro atoms.